The van der Waals surface area contributed by atoms with E-state index in [0.29, 0.717) is 15.4 Å². The third-order valence-corrected chi connectivity index (χ3v) is 3.05. The zero-order valence-electron chi connectivity index (χ0n) is 11.7. The summed E-state index contributed by atoms with van der Waals surface area (Å²) in [6.07, 6.45) is 0.123. The number of hydrogen-bond donors (Lipinski definition) is 1. The first-order chi connectivity index (χ1) is 10.5. The highest BCUT2D eigenvalue weighted by Crippen LogP contribution is 2.14. The van der Waals surface area contributed by atoms with E-state index in [4.69, 9.17) is 16.3 Å². The first-order valence-electron chi connectivity index (χ1n) is 6.43. The number of nitrogens with zero attached hydrogens (tertiary/aromatic N) is 1. The van der Waals surface area contributed by atoms with E-state index in [1.165, 1.54) is 31.3 Å². The topological polar surface area (TPSA) is 82.3 Å². The van der Waals surface area contributed by atoms with E-state index in [-0.39, 0.29) is 5.69 Å². The van der Waals surface area contributed by atoms with Crippen LogP contribution in [0.4, 0.5) is 5.69 Å². The molecule has 0 aliphatic carbocycles. The molecule has 0 radical (unpaired) electrons. The van der Waals surface area contributed by atoms with Crippen LogP contribution in [0.25, 0.3) is 0 Å². The second kappa shape index (κ2) is 6.91. The predicted molar refractivity (Wildman–Crippen MR) is 80.4 cm³/mol. The van der Waals surface area contributed by atoms with Gasteiger partial charge in [-0.25, -0.2) is 4.79 Å². The number of carbonyl (C=O) groups excluding carboxylic acids is 2. The average Bonchev–Trinajstić information content (AvgIpc) is 2.49. The van der Waals surface area contributed by atoms with Crippen molar-refractivity contribution in [3.8, 4) is 0 Å². The largest absolute Gasteiger partial charge is 0.618 e. The maximum Gasteiger partial charge on any atom is 0.405 e. The monoisotopic (exact) mass is 320 g/mol. The SMILES string of the molecule is C[C@@H](OC(=O)c1cccc[n+]1[O-])C(=O)Nc1ccc(Cl)cc1. The van der Waals surface area contributed by atoms with Crippen molar-refractivity contribution in [1.29, 1.82) is 0 Å². The minimum Gasteiger partial charge on any atom is -0.618 e. The van der Waals surface area contributed by atoms with Gasteiger partial charge in [0.1, 0.15) is 0 Å². The predicted octanol–water partition coefficient (Wildman–Crippen LogP) is 2.16. The Morgan fingerprint density at radius 3 is 2.55 bits per heavy atom. The fraction of sp³-hybridized carbons (Fsp3) is 0.133. The van der Waals surface area contributed by atoms with Crippen LogP contribution in [0.15, 0.2) is 48.7 Å². The summed E-state index contributed by atoms with van der Waals surface area (Å²) in [7, 11) is 0. The van der Waals surface area contributed by atoms with Crippen LogP contribution >= 0.6 is 11.6 Å². The molecule has 6 nitrogen and oxygen atoms in total. The van der Waals surface area contributed by atoms with Crippen molar-refractivity contribution < 1.29 is 19.1 Å². The van der Waals surface area contributed by atoms with E-state index < -0.39 is 18.0 Å². The standard InChI is InChI=1S/C15H13ClN2O4/c1-10(14(19)17-12-7-5-11(16)6-8-12)22-15(20)13-4-2-3-9-18(13)21/h2-10H,1H3,(H,17,19)/t10-/m1/s1. The number of ether oxygens (including phenoxy) is 1. The number of pyridine rings is 1. The van der Waals surface area contributed by atoms with Crippen LogP contribution in [-0.4, -0.2) is 18.0 Å². The fourth-order valence-corrected chi connectivity index (χ4v) is 1.76. The number of anilines is 1. The first kappa shape index (κ1) is 15.8. The van der Waals surface area contributed by atoms with Gasteiger partial charge in [-0.15, -0.1) is 0 Å². The molecular weight excluding hydrogens is 308 g/mol. The molecule has 2 aromatic rings. The molecule has 0 fully saturated rings. The summed E-state index contributed by atoms with van der Waals surface area (Å²) in [4.78, 5) is 23.8. The number of aromatic nitrogens is 1. The smallest absolute Gasteiger partial charge is 0.405 e. The number of carbonyl (C=O) groups is 2. The Balaban J connectivity index is 1.98. The zero-order valence-corrected chi connectivity index (χ0v) is 12.4. The van der Waals surface area contributed by atoms with Crippen molar-refractivity contribution in [2.45, 2.75) is 13.0 Å². The van der Waals surface area contributed by atoms with Gasteiger partial charge >= 0.3 is 11.7 Å². The zero-order chi connectivity index (χ0) is 16.1. The number of nitrogens with one attached hydrogen (secondary N) is 1. The van der Waals surface area contributed by atoms with Crippen LogP contribution in [0.1, 0.15) is 17.4 Å². The highest BCUT2D eigenvalue weighted by atomic mass is 35.5. The molecule has 1 aromatic carbocycles. The summed E-state index contributed by atoms with van der Waals surface area (Å²) in [5, 5.41) is 14.6. The molecule has 0 saturated heterocycles. The van der Waals surface area contributed by atoms with E-state index in [2.05, 4.69) is 5.32 Å². The number of hydrogen-bond acceptors (Lipinski definition) is 4. The molecule has 0 spiro atoms. The van der Waals surface area contributed by atoms with Gasteiger partial charge in [0.2, 0.25) is 0 Å². The van der Waals surface area contributed by atoms with Gasteiger partial charge in [0.05, 0.1) is 0 Å². The van der Waals surface area contributed by atoms with Crippen LogP contribution in [0.5, 0.6) is 0 Å². The van der Waals surface area contributed by atoms with E-state index in [0.717, 1.165) is 0 Å². The van der Waals surface area contributed by atoms with Gasteiger partial charge in [-0.2, -0.15) is 4.73 Å². The lowest BCUT2D eigenvalue weighted by molar-refractivity contribution is -0.608. The normalized spacial score (nSPS) is 11.5. The molecule has 0 unspecified atom stereocenters. The van der Waals surface area contributed by atoms with Gasteiger partial charge < -0.3 is 15.3 Å². The molecule has 1 atom stereocenters. The average molecular weight is 321 g/mol. The van der Waals surface area contributed by atoms with E-state index in [9.17, 15) is 14.8 Å². The number of halogens is 1. The molecule has 0 saturated carbocycles. The second-order valence-corrected chi connectivity index (χ2v) is 4.89. The first-order valence-corrected chi connectivity index (χ1v) is 6.81. The highest BCUT2D eigenvalue weighted by molar-refractivity contribution is 6.30. The van der Waals surface area contributed by atoms with Gasteiger partial charge in [0, 0.05) is 22.8 Å². The molecule has 0 aliphatic heterocycles. The molecule has 0 bridgehead atoms. The Hall–Kier alpha value is -2.60. The van der Waals surface area contributed by atoms with Crippen molar-refractivity contribution in [3.05, 3.63) is 64.6 Å². The molecular formula is C15H13ClN2O4. The molecule has 1 aromatic heterocycles. The van der Waals surface area contributed by atoms with Crippen LogP contribution < -0.4 is 10.0 Å². The Morgan fingerprint density at radius 2 is 1.91 bits per heavy atom. The van der Waals surface area contributed by atoms with Crippen molar-refractivity contribution in [1.82, 2.24) is 0 Å². The maximum absolute atomic E-state index is 11.9. The molecule has 1 N–H and O–H groups in total. The lowest BCUT2D eigenvalue weighted by atomic mass is 10.3. The summed E-state index contributed by atoms with van der Waals surface area (Å²) in [5.41, 5.74) is 0.338. The van der Waals surface area contributed by atoms with Gasteiger partial charge in [-0.3, -0.25) is 4.79 Å². The molecule has 7 heteroatoms. The van der Waals surface area contributed by atoms with Gasteiger partial charge in [0.15, 0.2) is 12.3 Å². The van der Waals surface area contributed by atoms with Crippen LogP contribution in [-0.2, 0) is 9.53 Å². The highest BCUT2D eigenvalue weighted by Gasteiger charge is 2.23. The fourth-order valence-electron chi connectivity index (χ4n) is 1.64. The molecule has 114 valence electrons. The van der Waals surface area contributed by atoms with Crippen molar-refractivity contribution in [3.63, 3.8) is 0 Å². The lowest BCUT2D eigenvalue weighted by Gasteiger charge is -2.13. The van der Waals surface area contributed by atoms with E-state index in [1.807, 2.05) is 0 Å². The van der Waals surface area contributed by atoms with Crippen molar-refractivity contribution >= 4 is 29.2 Å². The molecule has 1 amide bonds. The van der Waals surface area contributed by atoms with Crippen molar-refractivity contribution in [2.75, 3.05) is 5.32 Å². The minimum absolute atomic E-state index is 0.186. The van der Waals surface area contributed by atoms with E-state index >= 15 is 0 Å². The quantitative estimate of drug-likeness (QED) is 0.531. The summed E-state index contributed by atoms with van der Waals surface area (Å²) >= 11 is 5.75. The summed E-state index contributed by atoms with van der Waals surface area (Å²) in [6.45, 7) is 1.42. The Labute approximate surface area is 131 Å². The lowest BCUT2D eigenvalue weighted by Crippen LogP contribution is -2.37. The Bertz CT molecular complexity index is 688. The number of rotatable bonds is 4. The minimum atomic E-state index is -1.05. The molecule has 1 heterocycles. The second-order valence-electron chi connectivity index (χ2n) is 4.46. The maximum atomic E-state index is 11.9. The Kier molecular flexibility index (Phi) is 4.95. The van der Waals surface area contributed by atoms with Crippen LogP contribution in [0, 0.1) is 5.21 Å². The summed E-state index contributed by atoms with van der Waals surface area (Å²) < 4.78 is 5.36. The molecule has 22 heavy (non-hydrogen) atoms. The van der Waals surface area contributed by atoms with Gasteiger partial charge in [-0.05, 0) is 37.3 Å². The number of amides is 1. The van der Waals surface area contributed by atoms with E-state index in [1.54, 1.807) is 24.3 Å². The van der Waals surface area contributed by atoms with Gasteiger partial charge in [0.25, 0.3) is 5.91 Å². The third kappa shape index (κ3) is 3.95. The third-order valence-electron chi connectivity index (χ3n) is 2.80. The number of esters is 1. The summed E-state index contributed by atoms with van der Waals surface area (Å²) in [5.74, 6) is -1.38. The molecule has 0 aliphatic rings. The number of benzene rings is 1. The summed E-state index contributed by atoms with van der Waals surface area (Å²) in [6, 6.07) is 10.8. The van der Waals surface area contributed by atoms with Crippen molar-refractivity contribution in [2.24, 2.45) is 0 Å². The Morgan fingerprint density at radius 1 is 1.23 bits per heavy atom. The van der Waals surface area contributed by atoms with Crippen LogP contribution in [0.3, 0.4) is 0 Å². The van der Waals surface area contributed by atoms with Crippen LogP contribution in [0.2, 0.25) is 5.02 Å². The molecule has 2 rings (SSSR count). The van der Waals surface area contributed by atoms with Gasteiger partial charge in [-0.1, -0.05) is 11.6 Å².